The van der Waals surface area contributed by atoms with Gasteiger partial charge in [0.15, 0.2) is 11.6 Å². The van der Waals surface area contributed by atoms with Crippen LogP contribution in [0, 0.1) is 18.6 Å². The lowest BCUT2D eigenvalue weighted by molar-refractivity contribution is -0.129. The summed E-state index contributed by atoms with van der Waals surface area (Å²) in [7, 11) is 0. The lowest BCUT2D eigenvalue weighted by Gasteiger charge is -2.20. The number of amides is 1. The van der Waals surface area contributed by atoms with Crippen molar-refractivity contribution in [2.24, 2.45) is 0 Å². The van der Waals surface area contributed by atoms with Crippen molar-refractivity contribution in [3.63, 3.8) is 0 Å². The molecule has 3 rings (SSSR count). The number of aryl methyl sites for hydroxylation is 1. The lowest BCUT2D eigenvalue weighted by Crippen LogP contribution is -2.31. The van der Waals surface area contributed by atoms with E-state index in [9.17, 15) is 13.6 Å². The molecule has 2 heterocycles. The van der Waals surface area contributed by atoms with E-state index < -0.39 is 11.6 Å². The van der Waals surface area contributed by atoms with Crippen LogP contribution in [0.2, 0.25) is 0 Å². The molecule has 1 aliphatic rings. The maximum atomic E-state index is 13.4. The highest BCUT2D eigenvalue weighted by Gasteiger charge is 2.34. The Labute approximate surface area is 133 Å². The maximum Gasteiger partial charge on any atom is 0.223 e. The summed E-state index contributed by atoms with van der Waals surface area (Å²) >= 11 is 0. The van der Waals surface area contributed by atoms with Crippen molar-refractivity contribution in [1.82, 2.24) is 14.9 Å². The second-order valence-electron chi connectivity index (χ2n) is 6.27. The third-order valence-corrected chi connectivity index (χ3v) is 4.26. The average Bonchev–Trinajstić information content (AvgIpc) is 3.05. The number of aromatic amines is 1. The van der Waals surface area contributed by atoms with Gasteiger partial charge in [0.25, 0.3) is 0 Å². The highest BCUT2D eigenvalue weighted by molar-refractivity contribution is 5.80. The minimum Gasteiger partial charge on any atom is -0.345 e. The van der Waals surface area contributed by atoms with Crippen molar-refractivity contribution >= 4 is 5.91 Å². The van der Waals surface area contributed by atoms with Gasteiger partial charge >= 0.3 is 0 Å². The predicted molar refractivity (Wildman–Crippen MR) is 82.9 cm³/mol. The smallest absolute Gasteiger partial charge is 0.223 e. The summed E-state index contributed by atoms with van der Waals surface area (Å²) < 4.78 is 26.5. The summed E-state index contributed by atoms with van der Waals surface area (Å²) in [4.78, 5) is 21.6. The van der Waals surface area contributed by atoms with Crippen molar-refractivity contribution in [3.8, 4) is 11.3 Å². The van der Waals surface area contributed by atoms with E-state index in [-0.39, 0.29) is 17.9 Å². The standard InChI is InChI=1S/C17H19F2N3O/c1-9(2)22-8-12(7-15(22)23)17-20-10(3)16(21-17)11-4-5-13(18)14(19)6-11/h4-6,9,12H,7-8H2,1-3H3,(H,20,21)/t12-/m1/s1. The van der Waals surface area contributed by atoms with Crippen LogP contribution in [0.25, 0.3) is 11.3 Å². The molecule has 122 valence electrons. The molecule has 0 spiro atoms. The summed E-state index contributed by atoms with van der Waals surface area (Å²) in [6, 6.07) is 3.90. The first-order valence-corrected chi connectivity index (χ1v) is 7.68. The van der Waals surface area contributed by atoms with Crippen molar-refractivity contribution < 1.29 is 13.6 Å². The molecule has 0 saturated carbocycles. The Kier molecular flexibility index (Phi) is 3.92. The molecule has 1 aliphatic heterocycles. The molecule has 0 bridgehead atoms. The van der Waals surface area contributed by atoms with Gasteiger partial charge in [-0.2, -0.15) is 0 Å². The zero-order chi connectivity index (χ0) is 16.7. The SMILES string of the molecule is Cc1[nH]c([C@@H]2CC(=O)N(C(C)C)C2)nc1-c1ccc(F)c(F)c1. The molecule has 2 aromatic rings. The number of imidazole rings is 1. The number of aromatic nitrogens is 2. The molecule has 4 nitrogen and oxygen atoms in total. The van der Waals surface area contributed by atoms with E-state index in [4.69, 9.17) is 0 Å². The maximum absolute atomic E-state index is 13.4. The summed E-state index contributed by atoms with van der Waals surface area (Å²) in [5.41, 5.74) is 1.89. The van der Waals surface area contributed by atoms with Crippen LogP contribution in [0.3, 0.4) is 0 Å². The van der Waals surface area contributed by atoms with Crippen molar-refractivity contribution in [2.45, 2.75) is 39.2 Å². The second-order valence-corrected chi connectivity index (χ2v) is 6.27. The molecule has 1 saturated heterocycles. The Balaban J connectivity index is 1.90. The second kappa shape index (κ2) is 5.76. The summed E-state index contributed by atoms with van der Waals surface area (Å²) in [6.07, 6.45) is 0.419. The molecule has 0 radical (unpaired) electrons. The molecule has 1 N–H and O–H groups in total. The van der Waals surface area contributed by atoms with Gasteiger partial charge in [-0.15, -0.1) is 0 Å². The molecule has 1 aromatic carbocycles. The van der Waals surface area contributed by atoms with Crippen LogP contribution in [-0.4, -0.2) is 33.4 Å². The van der Waals surface area contributed by atoms with Crippen LogP contribution < -0.4 is 0 Å². The number of halogens is 2. The highest BCUT2D eigenvalue weighted by atomic mass is 19.2. The number of hydrogen-bond acceptors (Lipinski definition) is 2. The highest BCUT2D eigenvalue weighted by Crippen LogP contribution is 2.31. The zero-order valence-electron chi connectivity index (χ0n) is 13.4. The van der Waals surface area contributed by atoms with Gasteiger partial charge in [-0.3, -0.25) is 4.79 Å². The van der Waals surface area contributed by atoms with E-state index in [2.05, 4.69) is 9.97 Å². The average molecular weight is 319 g/mol. The Morgan fingerprint density at radius 1 is 1.30 bits per heavy atom. The summed E-state index contributed by atoms with van der Waals surface area (Å²) in [5, 5.41) is 0. The van der Waals surface area contributed by atoms with Gasteiger partial charge < -0.3 is 9.88 Å². The number of hydrogen-bond donors (Lipinski definition) is 1. The summed E-state index contributed by atoms with van der Waals surface area (Å²) in [5.74, 6) is -0.931. The molecule has 0 aliphatic carbocycles. The fraction of sp³-hybridized carbons (Fsp3) is 0.412. The topological polar surface area (TPSA) is 49.0 Å². The Bertz CT molecular complexity index is 754. The van der Waals surface area contributed by atoms with Crippen LogP contribution >= 0.6 is 0 Å². The van der Waals surface area contributed by atoms with Gasteiger partial charge in [0, 0.05) is 36.2 Å². The van der Waals surface area contributed by atoms with E-state index in [1.54, 1.807) is 0 Å². The fourth-order valence-electron chi connectivity index (χ4n) is 3.02. The van der Waals surface area contributed by atoms with Gasteiger partial charge in [-0.1, -0.05) is 0 Å². The van der Waals surface area contributed by atoms with E-state index in [1.165, 1.54) is 6.07 Å². The number of H-pyrrole nitrogens is 1. The van der Waals surface area contributed by atoms with Crippen LogP contribution in [0.5, 0.6) is 0 Å². The third-order valence-electron chi connectivity index (χ3n) is 4.26. The molecule has 0 unspecified atom stereocenters. The fourth-order valence-corrected chi connectivity index (χ4v) is 3.02. The number of rotatable bonds is 3. The molecule has 6 heteroatoms. The van der Waals surface area contributed by atoms with E-state index >= 15 is 0 Å². The number of nitrogens with zero attached hydrogens (tertiary/aromatic N) is 2. The number of benzene rings is 1. The molecule has 23 heavy (non-hydrogen) atoms. The quantitative estimate of drug-likeness (QED) is 0.943. The van der Waals surface area contributed by atoms with Gasteiger partial charge in [0.1, 0.15) is 5.82 Å². The Morgan fingerprint density at radius 2 is 2.04 bits per heavy atom. The number of nitrogens with one attached hydrogen (secondary N) is 1. The van der Waals surface area contributed by atoms with Gasteiger partial charge in [0.2, 0.25) is 5.91 Å². The van der Waals surface area contributed by atoms with Crippen molar-refractivity contribution in [3.05, 3.63) is 41.4 Å². The largest absolute Gasteiger partial charge is 0.345 e. The number of carbonyl (C=O) groups excluding carboxylic acids is 1. The van der Waals surface area contributed by atoms with Crippen molar-refractivity contribution in [1.29, 1.82) is 0 Å². The van der Waals surface area contributed by atoms with Crippen LogP contribution in [0.4, 0.5) is 8.78 Å². The minimum absolute atomic E-state index is 0.00245. The number of likely N-dealkylation sites (tertiary alicyclic amines) is 1. The lowest BCUT2D eigenvalue weighted by atomic mass is 10.1. The third kappa shape index (κ3) is 2.85. The van der Waals surface area contributed by atoms with Gasteiger partial charge in [-0.25, -0.2) is 13.8 Å². The minimum atomic E-state index is -0.895. The normalized spacial score (nSPS) is 18.3. The van der Waals surface area contributed by atoms with E-state index in [0.717, 1.165) is 23.7 Å². The molecule has 1 fully saturated rings. The Hall–Kier alpha value is -2.24. The zero-order valence-corrected chi connectivity index (χ0v) is 13.4. The van der Waals surface area contributed by atoms with Crippen LogP contribution in [-0.2, 0) is 4.79 Å². The number of carbonyl (C=O) groups is 1. The van der Waals surface area contributed by atoms with Crippen molar-refractivity contribution in [2.75, 3.05) is 6.54 Å². The van der Waals surface area contributed by atoms with Crippen LogP contribution in [0.1, 0.15) is 37.7 Å². The molecule has 1 amide bonds. The van der Waals surface area contributed by atoms with E-state index in [1.807, 2.05) is 25.7 Å². The first kappa shape index (κ1) is 15.6. The monoisotopic (exact) mass is 319 g/mol. The molecule has 1 atom stereocenters. The Morgan fingerprint density at radius 3 is 2.65 bits per heavy atom. The molecule has 1 aromatic heterocycles. The molecular formula is C17H19F2N3O. The van der Waals surface area contributed by atoms with Gasteiger partial charge in [0.05, 0.1) is 5.69 Å². The molecular weight excluding hydrogens is 300 g/mol. The first-order chi connectivity index (χ1) is 10.9. The van der Waals surface area contributed by atoms with E-state index in [0.29, 0.717) is 24.2 Å². The van der Waals surface area contributed by atoms with Crippen LogP contribution in [0.15, 0.2) is 18.2 Å². The summed E-state index contributed by atoms with van der Waals surface area (Å²) in [6.45, 7) is 6.44. The first-order valence-electron chi connectivity index (χ1n) is 7.68. The predicted octanol–water partition coefficient (Wildman–Crippen LogP) is 3.39. The van der Waals surface area contributed by atoms with Gasteiger partial charge in [-0.05, 0) is 39.0 Å².